The largest absolute Gasteiger partial charge is 0.398 e. The monoisotopic (exact) mass is 365 g/mol. The number of carbonyl (C=O) groups is 2. The highest BCUT2D eigenvalue weighted by atomic mass is 79.9. The molecule has 2 fully saturated rings. The van der Waals surface area contributed by atoms with Gasteiger partial charge < -0.3 is 16.0 Å². The predicted molar refractivity (Wildman–Crippen MR) is 88.3 cm³/mol. The van der Waals surface area contributed by atoms with Gasteiger partial charge in [-0.1, -0.05) is 15.9 Å². The van der Waals surface area contributed by atoms with Gasteiger partial charge in [-0.2, -0.15) is 0 Å². The normalized spacial score (nSPS) is 19.0. The molecule has 1 aromatic rings. The first-order valence-electron chi connectivity index (χ1n) is 7.69. The van der Waals surface area contributed by atoms with Crippen LogP contribution in [0.5, 0.6) is 0 Å². The van der Waals surface area contributed by atoms with E-state index in [-0.39, 0.29) is 23.8 Å². The van der Waals surface area contributed by atoms with E-state index < -0.39 is 0 Å². The zero-order chi connectivity index (χ0) is 15.7. The fraction of sp³-hybridized carbons (Fsp3) is 0.500. The molecular formula is C16H20BrN3O2. The van der Waals surface area contributed by atoms with Crippen LogP contribution in [0.4, 0.5) is 5.69 Å². The van der Waals surface area contributed by atoms with Crippen LogP contribution in [-0.2, 0) is 4.79 Å². The second-order valence-corrected chi connectivity index (χ2v) is 7.00. The summed E-state index contributed by atoms with van der Waals surface area (Å²) in [6.45, 7) is 1.31. The number of hydrogen-bond donors (Lipinski definition) is 2. The van der Waals surface area contributed by atoms with Crippen LogP contribution in [0, 0.1) is 5.92 Å². The van der Waals surface area contributed by atoms with Crippen molar-refractivity contribution in [3.63, 3.8) is 0 Å². The number of piperidine rings is 1. The van der Waals surface area contributed by atoms with Gasteiger partial charge in [-0.25, -0.2) is 0 Å². The third-order valence-electron chi connectivity index (χ3n) is 4.32. The minimum Gasteiger partial charge on any atom is -0.398 e. The summed E-state index contributed by atoms with van der Waals surface area (Å²) < 4.78 is 0.864. The smallest absolute Gasteiger partial charge is 0.255 e. The van der Waals surface area contributed by atoms with Gasteiger partial charge in [0.15, 0.2) is 0 Å². The molecule has 3 N–H and O–H groups in total. The van der Waals surface area contributed by atoms with Gasteiger partial charge >= 0.3 is 0 Å². The minimum atomic E-state index is -0.0306. The fourth-order valence-corrected chi connectivity index (χ4v) is 3.17. The Balaban J connectivity index is 1.56. The number of likely N-dealkylation sites (tertiary alicyclic amines) is 1. The van der Waals surface area contributed by atoms with Gasteiger partial charge in [-0.05, 0) is 43.9 Å². The summed E-state index contributed by atoms with van der Waals surface area (Å²) in [4.78, 5) is 26.1. The van der Waals surface area contributed by atoms with Crippen molar-refractivity contribution in [1.29, 1.82) is 0 Å². The molecule has 1 aromatic carbocycles. The molecule has 1 heterocycles. The summed E-state index contributed by atoms with van der Waals surface area (Å²) in [6.07, 6.45) is 3.65. The molecule has 2 aliphatic rings. The van der Waals surface area contributed by atoms with Crippen LogP contribution in [0.15, 0.2) is 22.7 Å². The molecule has 0 spiro atoms. The van der Waals surface area contributed by atoms with Crippen LogP contribution in [0.2, 0.25) is 0 Å². The van der Waals surface area contributed by atoms with E-state index in [1.807, 2.05) is 11.0 Å². The van der Waals surface area contributed by atoms with Crippen LogP contribution >= 0.6 is 15.9 Å². The molecule has 1 saturated heterocycles. The molecule has 6 heteroatoms. The lowest BCUT2D eigenvalue weighted by Crippen LogP contribution is -2.47. The number of carbonyl (C=O) groups excluding carboxylic acids is 2. The molecule has 1 aliphatic carbocycles. The van der Waals surface area contributed by atoms with Crippen LogP contribution in [0.3, 0.4) is 0 Å². The molecule has 3 rings (SSSR count). The number of rotatable bonds is 3. The highest BCUT2D eigenvalue weighted by Crippen LogP contribution is 2.29. The Kier molecular flexibility index (Phi) is 4.38. The summed E-state index contributed by atoms with van der Waals surface area (Å²) in [5, 5.41) is 3.09. The lowest BCUT2D eigenvalue weighted by Gasteiger charge is -2.32. The third kappa shape index (κ3) is 3.43. The van der Waals surface area contributed by atoms with Gasteiger partial charge in [-0.3, -0.25) is 9.59 Å². The predicted octanol–water partition coefficient (Wildman–Crippen LogP) is 2.16. The Morgan fingerprint density at radius 1 is 1.18 bits per heavy atom. The van der Waals surface area contributed by atoms with E-state index in [1.165, 1.54) is 0 Å². The SMILES string of the molecule is Nc1cc(Br)ccc1C(=O)N1CCC(NC(=O)C2CC2)CC1. The number of halogens is 1. The number of anilines is 1. The first kappa shape index (κ1) is 15.3. The first-order chi connectivity index (χ1) is 10.5. The lowest BCUT2D eigenvalue weighted by atomic mass is 10.0. The van der Waals surface area contributed by atoms with E-state index in [9.17, 15) is 9.59 Å². The Labute approximate surface area is 138 Å². The number of nitrogens with one attached hydrogen (secondary N) is 1. The Hall–Kier alpha value is -1.56. The van der Waals surface area contributed by atoms with Crippen LogP contribution in [0.25, 0.3) is 0 Å². The molecule has 0 aromatic heterocycles. The fourth-order valence-electron chi connectivity index (χ4n) is 2.79. The summed E-state index contributed by atoms with van der Waals surface area (Å²) in [5.41, 5.74) is 6.96. The van der Waals surface area contributed by atoms with Crippen molar-refractivity contribution < 1.29 is 9.59 Å². The van der Waals surface area contributed by atoms with Crippen LogP contribution in [0.1, 0.15) is 36.0 Å². The molecule has 118 valence electrons. The maximum absolute atomic E-state index is 12.5. The molecule has 0 atom stereocenters. The molecule has 2 amide bonds. The van der Waals surface area contributed by atoms with E-state index in [2.05, 4.69) is 21.2 Å². The van der Waals surface area contributed by atoms with Gasteiger partial charge in [-0.15, -0.1) is 0 Å². The third-order valence-corrected chi connectivity index (χ3v) is 4.81. The maximum Gasteiger partial charge on any atom is 0.255 e. The number of amides is 2. The number of nitrogens with zero attached hydrogens (tertiary/aromatic N) is 1. The summed E-state index contributed by atoms with van der Waals surface area (Å²) in [7, 11) is 0. The van der Waals surface area contributed by atoms with E-state index in [0.717, 1.165) is 30.2 Å². The molecule has 0 radical (unpaired) electrons. The molecule has 5 nitrogen and oxygen atoms in total. The van der Waals surface area contributed by atoms with Crippen LogP contribution in [-0.4, -0.2) is 35.8 Å². The van der Waals surface area contributed by atoms with Crippen molar-refractivity contribution in [1.82, 2.24) is 10.2 Å². The Morgan fingerprint density at radius 2 is 1.86 bits per heavy atom. The molecule has 22 heavy (non-hydrogen) atoms. The highest BCUT2D eigenvalue weighted by molar-refractivity contribution is 9.10. The highest BCUT2D eigenvalue weighted by Gasteiger charge is 2.32. The van der Waals surface area contributed by atoms with Gasteiger partial charge in [0.05, 0.1) is 5.56 Å². The van der Waals surface area contributed by atoms with E-state index >= 15 is 0 Å². The van der Waals surface area contributed by atoms with Crippen molar-refractivity contribution in [2.24, 2.45) is 5.92 Å². The molecule has 0 unspecified atom stereocenters. The van der Waals surface area contributed by atoms with E-state index in [0.29, 0.717) is 24.3 Å². The number of hydrogen-bond acceptors (Lipinski definition) is 3. The van der Waals surface area contributed by atoms with E-state index in [4.69, 9.17) is 5.73 Å². The Bertz CT molecular complexity index is 593. The summed E-state index contributed by atoms with van der Waals surface area (Å²) >= 11 is 3.34. The average Bonchev–Trinajstić information content (AvgIpc) is 3.32. The number of nitrogens with two attached hydrogens (primary N) is 1. The number of benzene rings is 1. The van der Waals surface area contributed by atoms with Gasteiger partial charge in [0.1, 0.15) is 0 Å². The average molecular weight is 366 g/mol. The van der Waals surface area contributed by atoms with Crippen molar-refractivity contribution in [2.75, 3.05) is 18.8 Å². The van der Waals surface area contributed by atoms with Crippen molar-refractivity contribution >= 4 is 33.4 Å². The molecular weight excluding hydrogens is 346 g/mol. The first-order valence-corrected chi connectivity index (χ1v) is 8.48. The molecule has 0 bridgehead atoms. The summed E-state index contributed by atoms with van der Waals surface area (Å²) in [6, 6.07) is 5.52. The van der Waals surface area contributed by atoms with Gasteiger partial charge in [0.25, 0.3) is 5.91 Å². The van der Waals surface area contributed by atoms with Crippen molar-refractivity contribution in [2.45, 2.75) is 31.7 Å². The van der Waals surface area contributed by atoms with Crippen LogP contribution < -0.4 is 11.1 Å². The van der Waals surface area contributed by atoms with Crippen molar-refractivity contribution in [3.05, 3.63) is 28.2 Å². The van der Waals surface area contributed by atoms with Crippen molar-refractivity contribution in [3.8, 4) is 0 Å². The zero-order valence-electron chi connectivity index (χ0n) is 12.3. The summed E-state index contributed by atoms with van der Waals surface area (Å²) in [5.74, 6) is 0.390. The Morgan fingerprint density at radius 3 is 2.45 bits per heavy atom. The quantitative estimate of drug-likeness (QED) is 0.805. The molecule has 1 aliphatic heterocycles. The standard InChI is InChI=1S/C16H20BrN3O2/c17-11-3-4-13(14(18)9-11)16(22)20-7-5-12(6-8-20)19-15(21)10-1-2-10/h3-4,9-10,12H,1-2,5-8,18H2,(H,19,21). The maximum atomic E-state index is 12.5. The van der Waals surface area contributed by atoms with E-state index in [1.54, 1.807) is 12.1 Å². The second-order valence-electron chi connectivity index (χ2n) is 6.08. The van der Waals surface area contributed by atoms with Gasteiger partial charge in [0, 0.05) is 35.2 Å². The minimum absolute atomic E-state index is 0.0306. The zero-order valence-corrected chi connectivity index (χ0v) is 13.9. The topological polar surface area (TPSA) is 75.4 Å². The molecule has 1 saturated carbocycles. The number of nitrogen functional groups attached to an aromatic ring is 1. The lowest BCUT2D eigenvalue weighted by molar-refractivity contribution is -0.123. The second kappa shape index (κ2) is 6.28. The van der Waals surface area contributed by atoms with Gasteiger partial charge in [0.2, 0.25) is 5.91 Å².